The Morgan fingerprint density at radius 2 is 1.75 bits per heavy atom. The summed E-state index contributed by atoms with van der Waals surface area (Å²) in [6.45, 7) is 0. The third kappa shape index (κ3) is 3.83. The van der Waals surface area contributed by atoms with E-state index in [1.54, 1.807) is 19.2 Å². The van der Waals surface area contributed by atoms with Crippen LogP contribution in [0.4, 0.5) is 0 Å². The maximum atomic E-state index is 9.46. The smallest absolute Gasteiger partial charge is 0.153 e. The number of benzene rings is 1. The molecule has 2 N–H and O–H groups in total. The van der Waals surface area contributed by atoms with Gasteiger partial charge in [0.25, 0.3) is 0 Å². The van der Waals surface area contributed by atoms with E-state index in [-0.39, 0.29) is 22.8 Å². The zero-order valence-corrected chi connectivity index (χ0v) is 13.3. The Balaban J connectivity index is 2.43. The molecule has 2 rings (SSSR count). The lowest BCUT2D eigenvalue weighted by Crippen LogP contribution is -2.06. The summed E-state index contributed by atoms with van der Waals surface area (Å²) in [5.41, 5.74) is 7.52. The maximum absolute atomic E-state index is 9.46. The van der Waals surface area contributed by atoms with Gasteiger partial charge in [0.2, 0.25) is 0 Å². The molecule has 0 aromatic heterocycles. The van der Waals surface area contributed by atoms with Crippen molar-refractivity contribution in [2.75, 3.05) is 7.11 Å². The van der Waals surface area contributed by atoms with Crippen LogP contribution in [0.2, 0.25) is 0 Å². The van der Waals surface area contributed by atoms with Crippen molar-refractivity contribution in [3.8, 4) is 24.0 Å². The molecule has 5 nitrogen and oxygen atoms in total. The normalized spacial score (nSPS) is 14.1. The Morgan fingerprint density at radius 3 is 2.21 bits per heavy atom. The van der Waals surface area contributed by atoms with Crippen molar-refractivity contribution >= 4 is 6.08 Å². The fourth-order valence-electron chi connectivity index (χ4n) is 2.27. The van der Waals surface area contributed by atoms with Crippen LogP contribution in [0.5, 0.6) is 5.75 Å². The lowest BCUT2D eigenvalue weighted by molar-refractivity contribution is 0.415. The highest BCUT2D eigenvalue weighted by atomic mass is 16.5. The van der Waals surface area contributed by atoms with E-state index in [0.717, 1.165) is 29.7 Å². The summed E-state index contributed by atoms with van der Waals surface area (Å²) < 4.78 is 5.12. The van der Waals surface area contributed by atoms with Gasteiger partial charge < -0.3 is 10.5 Å². The van der Waals surface area contributed by atoms with Gasteiger partial charge in [0.05, 0.1) is 18.4 Å². The summed E-state index contributed by atoms with van der Waals surface area (Å²) >= 11 is 0. The second-order valence-corrected chi connectivity index (χ2v) is 5.34. The number of hydrogen-bond acceptors (Lipinski definition) is 5. The van der Waals surface area contributed by atoms with E-state index in [0.29, 0.717) is 0 Å². The predicted octanol–water partition coefficient (Wildman–Crippen LogP) is 3.20. The zero-order chi connectivity index (χ0) is 17.5. The van der Waals surface area contributed by atoms with Crippen molar-refractivity contribution < 1.29 is 4.74 Å². The van der Waals surface area contributed by atoms with Crippen molar-refractivity contribution in [3.63, 3.8) is 0 Å². The van der Waals surface area contributed by atoms with Gasteiger partial charge in [0, 0.05) is 0 Å². The molecular weight excluding hydrogens is 300 g/mol. The summed E-state index contributed by atoms with van der Waals surface area (Å²) in [6.07, 6.45) is 5.66. The Labute approximate surface area is 141 Å². The van der Waals surface area contributed by atoms with E-state index >= 15 is 0 Å². The van der Waals surface area contributed by atoms with Gasteiger partial charge in [-0.3, -0.25) is 0 Å². The molecule has 118 valence electrons. The molecule has 1 aromatic rings. The molecule has 0 atom stereocenters. The highest BCUT2D eigenvalue weighted by molar-refractivity contribution is 5.61. The largest absolute Gasteiger partial charge is 0.497 e. The molecular formula is C19H16N4O. The average Bonchev–Trinajstić information content (AvgIpc) is 3.45. The van der Waals surface area contributed by atoms with Crippen molar-refractivity contribution in [1.29, 1.82) is 15.8 Å². The molecule has 0 radical (unpaired) electrons. The Morgan fingerprint density at radius 1 is 1.12 bits per heavy atom. The van der Waals surface area contributed by atoms with Crippen LogP contribution in [0.15, 0.2) is 52.8 Å². The summed E-state index contributed by atoms with van der Waals surface area (Å²) in [6, 6.07) is 13.0. The van der Waals surface area contributed by atoms with Crippen molar-refractivity contribution in [2.24, 2.45) is 11.7 Å². The molecule has 0 spiro atoms. The second kappa shape index (κ2) is 7.68. The minimum absolute atomic E-state index is 0.0521. The highest BCUT2D eigenvalue weighted by Crippen LogP contribution is 2.40. The van der Waals surface area contributed by atoms with Crippen LogP contribution in [0, 0.1) is 39.9 Å². The standard InChI is InChI=1S/C19H16N4O/c1-24-16-7-2-13(3-8-16)4-9-17(14-5-6-14)18(12-22)19(23)15(10-20)11-21/h2-4,7-9,14H,5-6,23H2,1H3/b9-4+,18-17+. The first-order valence-corrected chi connectivity index (χ1v) is 7.41. The minimum atomic E-state index is -0.234. The Kier molecular flexibility index (Phi) is 5.40. The van der Waals surface area contributed by atoms with Gasteiger partial charge in [-0.15, -0.1) is 0 Å². The van der Waals surface area contributed by atoms with Crippen LogP contribution in [-0.2, 0) is 0 Å². The van der Waals surface area contributed by atoms with Crippen LogP contribution in [-0.4, -0.2) is 7.11 Å². The first-order chi connectivity index (χ1) is 11.6. The fraction of sp³-hybridized carbons (Fsp3) is 0.211. The number of rotatable bonds is 5. The van der Waals surface area contributed by atoms with Crippen LogP contribution in [0.3, 0.4) is 0 Å². The third-order valence-corrected chi connectivity index (χ3v) is 3.75. The number of nitriles is 3. The molecule has 1 aliphatic rings. The van der Waals surface area contributed by atoms with Gasteiger partial charge in [-0.25, -0.2) is 0 Å². The lowest BCUT2D eigenvalue weighted by Gasteiger charge is -2.06. The number of methoxy groups -OCH3 is 1. The second-order valence-electron chi connectivity index (χ2n) is 5.34. The number of ether oxygens (including phenoxy) is 1. The molecule has 0 heterocycles. The molecule has 0 amide bonds. The molecule has 24 heavy (non-hydrogen) atoms. The first-order valence-electron chi connectivity index (χ1n) is 7.41. The summed E-state index contributed by atoms with van der Waals surface area (Å²) in [4.78, 5) is 0. The topological polar surface area (TPSA) is 107 Å². The quantitative estimate of drug-likeness (QED) is 0.663. The maximum Gasteiger partial charge on any atom is 0.153 e. The lowest BCUT2D eigenvalue weighted by atomic mass is 9.98. The molecule has 1 aromatic carbocycles. The Bertz CT molecular complexity index is 819. The SMILES string of the molecule is COc1ccc(/C=C/C(=C(/C#N)C(N)=C(C#N)C#N)C2CC2)cc1. The van der Waals surface area contributed by atoms with Gasteiger partial charge in [0.1, 0.15) is 24.0 Å². The van der Waals surface area contributed by atoms with Crippen LogP contribution >= 0.6 is 0 Å². The van der Waals surface area contributed by atoms with E-state index in [2.05, 4.69) is 6.07 Å². The van der Waals surface area contributed by atoms with E-state index in [9.17, 15) is 5.26 Å². The van der Waals surface area contributed by atoms with Crippen molar-refractivity contribution in [2.45, 2.75) is 12.8 Å². The van der Waals surface area contributed by atoms with E-state index in [4.69, 9.17) is 21.0 Å². The molecule has 0 bridgehead atoms. The molecule has 0 aliphatic heterocycles. The van der Waals surface area contributed by atoms with Gasteiger partial charge in [-0.2, -0.15) is 15.8 Å². The van der Waals surface area contributed by atoms with Gasteiger partial charge in [-0.1, -0.05) is 24.3 Å². The van der Waals surface area contributed by atoms with Crippen molar-refractivity contribution in [3.05, 3.63) is 58.3 Å². The molecule has 5 heteroatoms. The van der Waals surface area contributed by atoms with Gasteiger partial charge >= 0.3 is 0 Å². The highest BCUT2D eigenvalue weighted by Gasteiger charge is 2.28. The number of nitrogens with two attached hydrogens (primary N) is 1. The molecule has 1 fully saturated rings. The monoisotopic (exact) mass is 316 g/mol. The van der Waals surface area contributed by atoms with Crippen LogP contribution < -0.4 is 10.5 Å². The summed E-state index contributed by atoms with van der Waals surface area (Å²) in [5.74, 6) is 1.01. The summed E-state index contributed by atoms with van der Waals surface area (Å²) in [5, 5.41) is 27.4. The number of nitrogens with zero attached hydrogens (tertiary/aromatic N) is 3. The van der Waals surface area contributed by atoms with Crippen LogP contribution in [0.1, 0.15) is 18.4 Å². The number of allylic oxidation sites excluding steroid dienone is 4. The molecule has 1 aliphatic carbocycles. The average molecular weight is 316 g/mol. The zero-order valence-electron chi connectivity index (χ0n) is 13.3. The molecule has 0 unspecified atom stereocenters. The first kappa shape index (κ1) is 16.9. The van der Waals surface area contributed by atoms with Gasteiger partial charge in [-0.05, 0) is 42.0 Å². The van der Waals surface area contributed by atoms with Crippen molar-refractivity contribution in [1.82, 2.24) is 0 Å². The molecule has 0 saturated heterocycles. The Hall–Kier alpha value is -3.49. The van der Waals surface area contributed by atoms with Crippen LogP contribution in [0.25, 0.3) is 6.08 Å². The minimum Gasteiger partial charge on any atom is -0.497 e. The van der Waals surface area contributed by atoms with E-state index in [1.807, 2.05) is 36.4 Å². The van der Waals surface area contributed by atoms with E-state index in [1.165, 1.54) is 0 Å². The number of hydrogen-bond donors (Lipinski definition) is 1. The molecule has 1 saturated carbocycles. The third-order valence-electron chi connectivity index (χ3n) is 3.75. The summed E-state index contributed by atoms with van der Waals surface area (Å²) in [7, 11) is 1.61. The van der Waals surface area contributed by atoms with E-state index < -0.39 is 0 Å². The fourth-order valence-corrected chi connectivity index (χ4v) is 2.27. The predicted molar refractivity (Wildman–Crippen MR) is 89.8 cm³/mol. The van der Waals surface area contributed by atoms with Gasteiger partial charge in [0.15, 0.2) is 5.57 Å².